The van der Waals surface area contributed by atoms with E-state index in [2.05, 4.69) is 38.2 Å². The van der Waals surface area contributed by atoms with Crippen LogP contribution in [-0.2, 0) is 17.9 Å². The largest absolute Gasteiger partial charge is 0.484 e. The first kappa shape index (κ1) is 19.7. The number of aryl methyl sites for hydroxylation is 2. The smallest absolute Gasteiger partial charge is 0.241 e. The van der Waals surface area contributed by atoms with Crippen molar-refractivity contribution in [2.24, 2.45) is 0 Å². The molecule has 152 valence electrons. The van der Waals surface area contributed by atoms with Gasteiger partial charge in [0, 0.05) is 43.0 Å². The maximum atomic E-state index is 12.3. The Kier molecular flexibility index (Phi) is 5.97. The Bertz CT molecular complexity index is 967. The summed E-state index contributed by atoms with van der Waals surface area (Å²) < 4.78 is 8.06. The zero-order valence-electron chi connectivity index (χ0n) is 16.8. The van der Waals surface area contributed by atoms with Crippen molar-refractivity contribution in [3.63, 3.8) is 0 Å². The van der Waals surface area contributed by atoms with Crippen LogP contribution in [0.3, 0.4) is 0 Å². The molecular formula is C22H26N4O2S. The normalized spacial score (nSPS) is 16.7. The van der Waals surface area contributed by atoms with Crippen LogP contribution in [0.5, 0.6) is 5.75 Å². The number of thiophene rings is 1. The van der Waals surface area contributed by atoms with Crippen LogP contribution in [0.4, 0.5) is 0 Å². The first-order valence-corrected chi connectivity index (χ1v) is 10.8. The number of para-hydroxylation sites is 1. The fraction of sp³-hybridized carbons (Fsp3) is 0.364. The van der Waals surface area contributed by atoms with E-state index < -0.39 is 0 Å². The molecule has 0 bridgehead atoms. The molecule has 0 aliphatic carbocycles. The lowest BCUT2D eigenvalue weighted by Gasteiger charge is -2.23. The molecule has 1 atom stereocenters. The molecule has 1 unspecified atom stereocenters. The van der Waals surface area contributed by atoms with E-state index in [0.717, 1.165) is 36.8 Å². The van der Waals surface area contributed by atoms with Gasteiger partial charge in [0.25, 0.3) is 0 Å². The second-order valence-electron chi connectivity index (χ2n) is 7.44. The summed E-state index contributed by atoms with van der Waals surface area (Å²) in [7, 11) is 0. The number of aromatic nitrogens is 2. The van der Waals surface area contributed by atoms with Crippen LogP contribution in [-0.4, -0.2) is 40.2 Å². The summed E-state index contributed by atoms with van der Waals surface area (Å²) in [5, 5.41) is 11.6. The van der Waals surface area contributed by atoms with Gasteiger partial charge in [-0.1, -0.05) is 18.2 Å². The number of rotatable bonds is 6. The van der Waals surface area contributed by atoms with E-state index in [1.807, 2.05) is 38.1 Å². The van der Waals surface area contributed by atoms with Gasteiger partial charge in [-0.2, -0.15) is 16.4 Å². The minimum absolute atomic E-state index is 0.00435. The van der Waals surface area contributed by atoms with Crippen LogP contribution in [0.2, 0.25) is 0 Å². The molecule has 0 radical (unpaired) electrons. The van der Waals surface area contributed by atoms with Gasteiger partial charge in [-0.3, -0.25) is 14.4 Å². The Hall–Kier alpha value is -2.64. The molecule has 3 heterocycles. The Labute approximate surface area is 175 Å². The maximum absolute atomic E-state index is 12.3. The number of nitrogens with zero attached hydrogens (tertiary/aromatic N) is 3. The monoisotopic (exact) mass is 410 g/mol. The second-order valence-corrected chi connectivity index (χ2v) is 8.22. The van der Waals surface area contributed by atoms with Crippen LogP contribution >= 0.6 is 11.3 Å². The van der Waals surface area contributed by atoms with Crippen LogP contribution in [0.15, 0.2) is 47.2 Å². The summed E-state index contributed by atoms with van der Waals surface area (Å²) in [6, 6.07) is 12.3. The lowest BCUT2D eigenvalue weighted by molar-refractivity contribution is -0.121. The highest BCUT2D eigenvalue weighted by Gasteiger charge is 2.24. The van der Waals surface area contributed by atoms with E-state index in [1.54, 1.807) is 16.0 Å². The molecule has 0 spiro atoms. The van der Waals surface area contributed by atoms with Gasteiger partial charge in [0.1, 0.15) is 18.4 Å². The highest BCUT2D eigenvalue weighted by molar-refractivity contribution is 7.07. The van der Waals surface area contributed by atoms with Crippen LogP contribution in [0.25, 0.3) is 0 Å². The zero-order valence-corrected chi connectivity index (χ0v) is 17.6. The highest BCUT2D eigenvalue weighted by atomic mass is 32.1. The molecule has 1 amide bonds. The van der Waals surface area contributed by atoms with Crippen molar-refractivity contribution in [1.82, 2.24) is 20.0 Å². The van der Waals surface area contributed by atoms with E-state index in [0.29, 0.717) is 6.54 Å². The first-order chi connectivity index (χ1) is 14.1. The zero-order chi connectivity index (χ0) is 20.2. The third kappa shape index (κ3) is 4.86. The van der Waals surface area contributed by atoms with E-state index in [4.69, 9.17) is 4.74 Å². The fourth-order valence-corrected chi connectivity index (χ4v) is 4.36. The SMILES string of the molecule is Cc1cc(C)n(CC(=O)NCCN2Cc3ccccc3OC(c3ccsc3)C2)n1. The summed E-state index contributed by atoms with van der Waals surface area (Å²) in [5.41, 5.74) is 4.31. The van der Waals surface area contributed by atoms with E-state index in [9.17, 15) is 4.79 Å². The van der Waals surface area contributed by atoms with Crippen molar-refractivity contribution in [1.29, 1.82) is 0 Å². The number of nitrogens with one attached hydrogen (secondary N) is 1. The number of ether oxygens (including phenoxy) is 1. The number of fused-ring (bicyclic) bond motifs is 1. The number of amides is 1. The molecule has 29 heavy (non-hydrogen) atoms. The third-order valence-electron chi connectivity index (χ3n) is 5.12. The molecule has 0 fully saturated rings. The molecular weight excluding hydrogens is 384 g/mol. The molecule has 7 heteroatoms. The second kappa shape index (κ2) is 8.80. The summed E-state index contributed by atoms with van der Waals surface area (Å²) in [6.07, 6.45) is -0.00435. The van der Waals surface area contributed by atoms with E-state index in [-0.39, 0.29) is 18.6 Å². The Morgan fingerprint density at radius 1 is 1.31 bits per heavy atom. The van der Waals surface area contributed by atoms with Crippen molar-refractivity contribution >= 4 is 17.2 Å². The topological polar surface area (TPSA) is 59.4 Å². The fourth-order valence-electron chi connectivity index (χ4n) is 3.66. The van der Waals surface area contributed by atoms with Gasteiger partial charge in [-0.05, 0) is 42.8 Å². The average molecular weight is 411 g/mol. The minimum atomic E-state index is -0.0166. The van der Waals surface area contributed by atoms with Gasteiger partial charge >= 0.3 is 0 Å². The molecule has 0 saturated carbocycles. The van der Waals surface area contributed by atoms with Crippen molar-refractivity contribution in [2.45, 2.75) is 33.0 Å². The van der Waals surface area contributed by atoms with Crippen molar-refractivity contribution in [3.8, 4) is 5.75 Å². The van der Waals surface area contributed by atoms with Crippen LogP contribution in [0, 0.1) is 13.8 Å². The molecule has 1 aliphatic rings. The van der Waals surface area contributed by atoms with Gasteiger partial charge in [-0.15, -0.1) is 0 Å². The Balaban J connectivity index is 1.37. The quantitative estimate of drug-likeness (QED) is 0.677. The molecule has 3 aromatic rings. The van der Waals surface area contributed by atoms with Crippen LogP contribution in [0.1, 0.15) is 28.6 Å². The van der Waals surface area contributed by atoms with Gasteiger partial charge in [0.2, 0.25) is 5.91 Å². The first-order valence-electron chi connectivity index (χ1n) is 9.85. The maximum Gasteiger partial charge on any atom is 0.241 e. The molecule has 1 aromatic carbocycles. The average Bonchev–Trinajstić information content (AvgIpc) is 3.28. The van der Waals surface area contributed by atoms with Gasteiger partial charge in [0.15, 0.2) is 0 Å². The molecule has 4 rings (SSSR count). The lowest BCUT2D eigenvalue weighted by Crippen LogP contribution is -2.37. The van der Waals surface area contributed by atoms with Gasteiger partial charge in [-0.25, -0.2) is 0 Å². The summed E-state index contributed by atoms with van der Waals surface area (Å²) in [6.45, 7) is 7.11. The Morgan fingerprint density at radius 2 is 2.17 bits per heavy atom. The molecule has 1 aliphatic heterocycles. The van der Waals surface area contributed by atoms with Crippen molar-refractivity contribution < 1.29 is 9.53 Å². The number of benzene rings is 1. The third-order valence-corrected chi connectivity index (χ3v) is 5.82. The number of carbonyl (C=O) groups is 1. The van der Waals surface area contributed by atoms with E-state index >= 15 is 0 Å². The number of hydrogen-bond acceptors (Lipinski definition) is 5. The van der Waals surface area contributed by atoms with Gasteiger partial charge in [0.05, 0.1) is 5.69 Å². The van der Waals surface area contributed by atoms with E-state index in [1.165, 1.54) is 11.1 Å². The standard InChI is InChI=1S/C22H26N4O2S/c1-16-11-17(2)26(24-16)14-22(27)23-8-9-25-12-18-5-3-4-6-20(18)28-21(13-25)19-7-10-29-15-19/h3-7,10-11,15,21H,8-9,12-14H2,1-2H3,(H,23,27). The molecule has 0 saturated heterocycles. The highest BCUT2D eigenvalue weighted by Crippen LogP contribution is 2.31. The summed E-state index contributed by atoms with van der Waals surface area (Å²) >= 11 is 1.68. The Morgan fingerprint density at radius 3 is 2.93 bits per heavy atom. The predicted octanol–water partition coefficient (Wildman–Crippen LogP) is 3.31. The van der Waals surface area contributed by atoms with Crippen LogP contribution < -0.4 is 10.1 Å². The number of hydrogen-bond donors (Lipinski definition) is 1. The molecule has 2 aromatic heterocycles. The van der Waals surface area contributed by atoms with Crippen molar-refractivity contribution in [3.05, 3.63) is 69.7 Å². The van der Waals surface area contributed by atoms with Gasteiger partial charge < -0.3 is 10.1 Å². The number of carbonyl (C=O) groups excluding carboxylic acids is 1. The lowest BCUT2D eigenvalue weighted by atomic mass is 10.2. The predicted molar refractivity (Wildman–Crippen MR) is 114 cm³/mol. The molecule has 6 nitrogen and oxygen atoms in total. The van der Waals surface area contributed by atoms with Crippen molar-refractivity contribution in [2.75, 3.05) is 19.6 Å². The minimum Gasteiger partial charge on any atom is -0.484 e. The molecule has 1 N–H and O–H groups in total. The summed E-state index contributed by atoms with van der Waals surface area (Å²) in [5.74, 6) is 0.928. The summed E-state index contributed by atoms with van der Waals surface area (Å²) in [4.78, 5) is 14.7.